The van der Waals surface area contributed by atoms with Crippen molar-refractivity contribution < 1.29 is 9.53 Å². The van der Waals surface area contributed by atoms with Crippen LogP contribution in [0.4, 0.5) is 0 Å². The van der Waals surface area contributed by atoms with Crippen LogP contribution in [0.2, 0.25) is 0 Å². The number of ether oxygens (including phenoxy) is 1. The van der Waals surface area contributed by atoms with E-state index >= 15 is 0 Å². The number of carbonyl (C=O) groups is 1. The highest BCUT2D eigenvalue weighted by molar-refractivity contribution is 5.90. The monoisotopic (exact) mass is 335 g/mol. The van der Waals surface area contributed by atoms with E-state index in [9.17, 15) is 4.79 Å². The molecule has 0 saturated heterocycles. The number of H-pyrrole nitrogens is 1. The molecule has 1 atom stereocenters. The van der Waals surface area contributed by atoms with Crippen LogP contribution in [-0.2, 0) is 11.2 Å². The zero-order chi connectivity index (χ0) is 17.5. The topological polar surface area (TPSA) is 67.9 Å². The summed E-state index contributed by atoms with van der Waals surface area (Å²) in [6.07, 6.45) is 9.71. The SMILES string of the molecule is CC(CCCc1cccnc1)OC(=O)c1ccc(-c2ncc[nH]2)cc1. The second-order valence-corrected chi connectivity index (χ2v) is 5.98. The van der Waals surface area contributed by atoms with Crippen LogP contribution in [0.3, 0.4) is 0 Å². The van der Waals surface area contributed by atoms with Gasteiger partial charge in [0.25, 0.3) is 0 Å². The van der Waals surface area contributed by atoms with Crippen molar-refractivity contribution in [3.05, 3.63) is 72.3 Å². The molecular formula is C20H21N3O2. The van der Waals surface area contributed by atoms with E-state index in [1.807, 2.05) is 31.3 Å². The van der Waals surface area contributed by atoms with Gasteiger partial charge in [-0.3, -0.25) is 4.98 Å². The first-order chi connectivity index (χ1) is 12.2. The van der Waals surface area contributed by atoms with Crippen molar-refractivity contribution in [1.29, 1.82) is 0 Å². The van der Waals surface area contributed by atoms with E-state index in [0.717, 1.165) is 30.7 Å². The molecule has 3 aromatic rings. The molecule has 2 aromatic heterocycles. The van der Waals surface area contributed by atoms with E-state index < -0.39 is 0 Å². The van der Waals surface area contributed by atoms with Crippen molar-refractivity contribution in [3.63, 3.8) is 0 Å². The molecular weight excluding hydrogens is 314 g/mol. The van der Waals surface area contributed by atoms with Crippen LogP contribution in [-0.4, -0.2) is 27.0 Å². The summed E-state index contributed by atoms with van der Waals surface area (Å²) in [6, 6.07) is 11.3. The minimum absolute atomic E-state index is 0.117. The molecule has 5 heteroatoms. The summed E-state index contributed by atoms with van der Waals surface area (Å²) in [7, 11) is 0. The quantitative estimate of drug-likeness (QED) is 0.662. The maximum absolute atomic E-state index is 12.2. The summed E-state index contributed by atoms with van der Waals surface area (Å²) >= 11 is 0. The molecule has 2 heterocycles. The first-order valence-electron chi connectivity index (χ1n) is 8.42. The van der Waals surface area contributed by atoms with E-state index in [-0.39, 0.29) is 12.1 Å². The Morgan fingerprint density at radius 2 is 2.04 bits per heavy atom. The predicted molar refractivity (Wildman–Crippen MR) is 96.1 cm³/mol. The lowest BCUT2D eigenvalue weighted by molar-refractivity contribution is 0.0321. The standard InChI is InChI=1S/C20H21N3O2/c1-15(4-2-5-16-6-3-11-21-14-16)25-20(24)18-9-7-17(8-10-18)19-22-12-13-23-19/h3,6-15H,2,4-5H2,1H3,(H,22,23). The highest BCUT2D eigenvalue weighted by Crippen LogP contribution is 2.16. The fourth-order valence-corrected chi connectivity index (χ4v) is 2.64. The first kappa shape index (κ1) is 16.9. The van der Waals surface area contributed by atoms with Crippen molar-refractivity contribution in [3.8, 4) is 11.4 Å². The largest absolute Gasteiger partial charge is 0.459 e. The van der Waals surface area contributed by atoms with E-state index in [1.165, 1.54) is 5.56 Å². The van der Waals surface area contributed by atoms with Crippen LogP contribution < -0.4 is 0 Å². The van der Waals surface area contributed by atoms with E-state index in [4.69, 9.17) is 4.74 Å². The van der Waals surface area contributed by atoms with Gasteiger partial charge in [-0.15, -0.1) is 0 Å². The highest BCUT2D eigenvalue weighted by atomic mass is 16.5. The molecule has 128 valence electrons. The van der Waals surface area contributed by atoms with Crippen LogP contribution in [0.1, 0.15) is 35.7 Å². The Labute approximate surface area is 147 Å². The molecule has 0 saturated carbocycles. The summed E-state index contributed by atoms with van der Waals surface area (Å²) in [5.41, 5.74) is 2.69. The molecule has 3 rings (SSSR count). The van der Waals surface area contributed by atoms with Crippen molar-refractivity contribution >= 4 is 5.97 Å². The van der Waals surface area contributed by atoms with Gasteiger partial charge in [0, 0.05) is 30.4 Å². The normalized spacial score (nSPS) is 11.9. The van der Waals surface area contributed by atoms with Crippen molar-refractivity contribution in [2.75, 3.05) is 0 Å². The maximum atomic E-state index is 12.2. The van der Waals surface area contributed by atoms with Gasteiger partial charge in [-0.1, -0.05) is 18.2 Å². The van der Waals surface area contributed by atoms with Crippen molar-refractivity contribution in [2.45, 2.75) is 32.3 Å². The minimum atomic E-state index is -0.292. The van der Waals surface area contributed by atoms with Gasteiger partial charge in [0.2, 0.25) is 0 Å². The van der Waals surface area contributed by atoms with Gasteiger partial charge in [-0.25, -0.2) is 9.78 Å². The van der Waals surface area contributed by atoms with Gasteiger partial charge >= 0.3 is 5.97 Å². The predicted octanol–water partition coefficient (Wildman–Crippen LogP) is 4.04. The maximum Gasteiger partial charge on any atom is 0.338 e. The summed E-state index contributed by atoms with van der Waals surface area (Å²) in [5.74, 6) is 0.489. The Bertz CT molecular complexity index is 784. The van der Waals surface area contributed by atoms with E-state index in [2.05, 4.69) is 21.0 Å². The molecule has 25 heavy (non-hydrogen) atoms. The number of pyridine rings is 1. The zero-order valence-electron chi connectivity index (χ0n) is 14.2. The molecule has 0 fully saturated rings. The first-order valence-corrected chi connectivity index (χ1v) is 8.42. The van der Waals surface area contributed by atoms with E-state index in [0.29, 0.717) is 5.56 Å². The van der Waals surface area contributed by atoms with Gasteiger partial charge < -0.3 is 9.72 Å². The number of hydrogen-bond donors (Lipinski definition) is 1. The average Bonchev–Trinajstić information content (AvgIpc) is 3.17. The second kappa shape index (κ2) is 8.24. The van der Waals surface area contributed by atoms with Crippen molar-refractivity contribution in [1.82, 2.24) is 15.0 Å². The number of esters is 1. The number of rotatable bonds is 7. The molecule has 0 aliphatic heterocycles. The molecule has 1 N–H and O–H groups in total. The second-order valence-electron chi connectivity index (χ2n) is 5.98. The smallest absolute Gasteiger partial charge is 0.338 e. The molecule has 0 amide bonds. The molecule has 0 aliphatic carbocycles. The Balaban J connectivity index is 1.48. The van der Waals surface area contributed by atoms with E-state index in [1.54, 1.807) is 30.7 Å². The third-order valence-electron chi connectivity index (χ3n) is 4.00. The molecule has 0 spiro atoms. The summed E-state index contributed by atoms with van der Waals surface area (Å²) < 4.78 is 5.53. The van der Waals surface area contributed by atoms with Crippen LogP contribution >= 0.6 is 0 Å². The fraction of sp³-hybridized carbons (Fsp3) is 0.250. The van der Waals surface area contributed by atoms with Crippen LogP contribution in [0.15, 0.2) is 61.2 Å². The zero-order valence-corrected chi connectivity index (χ0v) is 14.2. The number of carbonyl (C=O) groups excluding carboxylic acids is 1. The fourth-order valence-electron chi connectivity index (χ4n) is 2.64. The van der Waals surface area contributed by atoms with Gasteiger partial charge in [0.15, 0.2) is 0 Å². The number of aromatic nitrogens is 3. The highest BCUT2D eigenvalue weighted by Gasteiger charge is 2.12. The van der Waals surface area contributed by atoms with Crippen LogP contribution in [0.5, 0.6) is 0 Å². The Morgan fingerprint density at radius 3 is 2.72 bits per heavy atom. The van der Waals surface area contributed by atoms with Gasteiger partial charge in [0.05, 0.1) is 11.7 Å². The lowest BCUT2D eigenvalue weighted by atomic mass is 10.1. The number of imidazole rings is 1. The van der Waals surface area contributed by atoms with Gasteiger partial charge in [0.1, 0.15) is 5.82 Å². The molecule has 0 radical (unpaired) electrons. The number of hydrogen-bond acceptors (Lipinski definition) is 4. The Hall–Kier alpha value is -2.95. The molecule has 5 nitrogen and oxygen atoms in total. The average molecular weight is 335 g/mol. The minimum Gasteiger partial charge on any atom is -0.459 e. The lowest BCUT2D eigenvalue weighted by Crippen LogP contribution is -2.15. The summed E-state index contributed by atoms with van der Waals surface area (Å²) in [4.78, 5) is 23.6. The summed E-state index contributed by atoms with van der Waals surface area (Å²) in [5, 5.41) is 0. The number of aromatic amines is 1. The molecule has 0 aliphatic rings. The summed E-state index contributed by atoms with van der Waals surface area (Å²) in [6.45, 7) is 1.93. The third kappa shape index (κ3) is 4.76. The number of nitrogens with zero attached hydrogens (tertiary/aromatic N) is 2. The Kier molecular flexibility index (Phi) is 5.57. The van der Waals surface area contributed by atoms with Crippen LogP contribution in [0, 0.1) is 0 Å². The number of aryl methyl sites for hydroxylation is 1. The molecule has 0 bridgehead atoms. The third-order valence-corrected chi connectivity index (χ3v) is 4.00. The van der Waals surface area contributed by atoms with Crippen LogP contribution in [0.25, 0.3) is 11.4 Å². The lowest BCUT2D eigenvalue weighted by Gasteiger charge is -2.13. The molecule has 1 aromatic carbocycles. The number of nitrogens with one attached hydrogen (secondary N) is 1. The van der Waals surface area contributed by atoms with Gasteiger partial charge in [-0.2, -0.15) is 0 Å². The van der Waals surface area contributed by atoms with Gasteiger partial charge in [-0.05, 0) is 49.9 Å². The van der Waals surface area contributed by atoms with Crippen molar-refractivity contribution in [2.24, 2.45) is 0 Å². The Morgan fingerprint density at radius 1 is 1.20 bits per heavy atom. The molecule has 1 unspecified atom stereocenters. The number of benzene rings is 1.